The number of carbonyl (C=O) groups is 1. The molecule has 10 heavy (non-hydrogen) atoms. The van der Waals surface area contributed by atoms with Gasteiger partial charge < -0.3 is 5.11 Å². The van der Waals surface area contributed by atoms with Gasteiger partial charge in [-0.2, -0.15) is 10.5 Å². The van der Waals surface area contributed by atoms with Crippen LogP contribution in [0, 0.1) is 0 Å². The minimum absolute atomic E-state index is 0.178. The molecule has 0 atom stereocenters. The molecule has 0 saturated carbocycles. The standard InChI is InChI=1S/C6H10O2S2/c1-10(2)6(8)4-3-5(7)9/h3-4,8H,1-2H3,(H,7,9)/b4-3-. The van der Waals surface area contributed by atoms with Gasteiger partial charge in [0.05, 0.1) is 5.05 Å². The van der Waals surface area contributed by atoms with E-state index in [1.54, 1.807) is 0 Å². The first-order valence-corrected chi connectivity index (χ1v) is 5.07. The van der Waals surface area contributed by atoms with E-state index in [2.05, 4.69) is 12.6 Å². The van der Waals surface area contributed by atoms with Crippen LogP contribution in [-0.2, 0) is 4.79 Å². The van der Waals surface area contributed by atoms with Crippen LogP contribution in [0.1, 0.15) is 0 Å². The Kier molecular flexibility index (Phi) is 4.68. The van der Waals surface area contributed by atoms with Gasteiger partial charge in [-0.05, 0) is 24.7 Å². The Hall–Kier alpha value is -0.0600. The Bertz CT molecular complexity index is 190. The van der Waals surface area contributed by atoms with Crippen molar-refractivity contribution < 1.29 is 9.90 Å². The molecule has 0 aliphatic carbocycles. The van der Waals surface area contributed by atoms with Gasteiger partial charge in [-0.3, -0.25) is 4.79 Å². The SMILES string of the molecule is CS(C)=C(O)/C=C\C(=O)S. The van der Waals surface area contributed by atoms with Gasteiger partial charge in [0, 0.05) is 0 Å². The van der Waals surface area contributed by atoms with Crippen LogP contribution in [0.4, 0.5) is 0 Å². The first-order chi connectivity index (χ1) is 4.54. The fourth-order valence-corrected chi connectivity index (χ4v) is 0.693. The van der Waals surface area contributed by atoms with Crippen LogP contribution in [0.3, 0.4) is 0 Å². The van der Waals surface area contributed by atoms with E-state index in [-0.39, 0.29) is 20.6 Å². The van der Waals surface area contributed by atoms with Crippen molar-refractivity contribution in [2.75, 3.05) is 12.5 Å². The minimum atomic E-state index is -0.350. The molecule has 0 unspecified atom stereocenters. The van der Waals surface area contributed by atoms with E-state index in [4.69, 9.17) is 5.11 Å². The van der Waals surface area contributed by atoms with Crippen molar-refractivity contribution in [2.45, 2.75) is 0 Å². The molecule has 0 rings (SSSR count). The zero-order valence-electron chi connectivity index (χ0n) is 5.87. The Morgan fingerprint density at radius 2 is 2.00 bits per heavy atom. The number of aliphatic hydroxyl groups is 1. The molecule has 0 amide bonds. The topological polar surface area (TPSA) is 37.3 Å². The number of thiol groups is 1. The van der Waals surface area contributed by atoms with E-state index in [0.717, 1.165) is 0 Å². The van der Waals surface area contributed by atoms with Crippen molar-refractivity contribution in [3.05, 3.63) is 12.2 Å². The third kappa shape index (κ3) is 4.78. The highest BCUT2D eigenvalue weighted by molar-refractivity contribution is 8.14. The first kappa shape index (κ1) is 9.94. The second-order valence-electron chi connectivity index (χ2n) is 1.83. The van der Waals surface area contributed by atoms with Crippen LogP contribution in [0.25, 0.3) is 0 Å². The second-order valence-corrected chi connectivity index (χ2v) is 4.32. The van der Waals surface area contributed by atoms with Crippen LogP contribution in [0.2, 0.25) is 0 Å². The first-order valence-electron chi connectivity index (χ1n) is 2.58. The molecule has 58 valence electrons. The summed E-state index contributed by atoms with van der Waals surface area (Å²) in [7, 11) is -0.178. The van der Waals surface area contributed by atoms with E-state index in [0.29, 0.717) is 0 Å². The van der Waals surface area contributed by atoms with Crippen molar-refractivity contribution in [2.24, 2.45) is 0 Å². The lowest BCUT2D eigenvalue weighted by atomic mass is 10.5. The number of aliphatic hydroxyl groups excluding tert-OH is 1. The second kappa shape index (κ2) is 4.71. The van der Waals surface area contributed by atoms with Crippen molar-refractivity contribution >= 4 is 33.3 Å². The Balaban J connectivity index is 4.16. The van der Waals surface area contributed by atoms with E-state index in [1.807, 2.05) is 12.5 Å². The zero-order chi connectivity index (χ0) is 8.15. The maximum absolute atomic E-state index is 10.2. The molecule has 0 saturated heterocycles. The van der Waals surface area contributed by atoms with Crippen LogP contribution in [0.15, 0.2) is 12.2 Å². The molecule has 2 nitrogen and oxygen atoms in total. The summed E-state index contributed by atoms with van der Waals surface area (Å²) in [5.41, 5.74) is 0. The van der Waals surface area contributed by atoms with E-state index < -0.39 is 0 Å². The zero-order valence-corrected chi connectivity index (χ0v) is 7.58. The van der Waals surface area contributed by atoms with Gasteiger partial charge in [-0.1, -0.05) is 0 Å². The third-order valence-electron chi connectivity index (χ3n) is 0.787. The predicted molar refractivity (Wildman–Crippen MR) is 50.2 cm³/mol. The maximum Gasteiger partial charge on any atom is 0.209 e. The summed E-state index contributed by atoms with van der Waals surface area (Å²) in [6.07, 6.45) is 6.33. The summed E-state index contributed by atoms with van der Waals surface area (Å²) in [6, 6.07) is 0. The fraction of sp³-hybridized carbons (Fsp3) is 0.333. The molecule has 0 spiro atoms. The Labute approximate surface area is 68.3 Å². The van der Waals surface area contributed by atoms with Crippen LogP contribution in [0.5, 0.6) is 0 Å². The summed E-state index contributed by atoms with van der Waals surface area (Å²) in [5.74, 6) is 0. The summed E-state index contributed by atoms with van der Waals surface area (Å²) in [5, 5.41) is 8.91. The highest BCUT2D eigenvalue weighted by Crippen LogP contribution is 2.01. The molecule has 0 aromatic rings. The summed E-state index contributed by atoms with van der Waals surface area (Å²) in [6.45, 7) is 0. The molecule has 1 N–H and O–H groups in total. The van der Waals surface area contributed by atoms with Gasteiger partial charge in [0.2, 0.25) is 5.12 Å². The van der Waals surface area contributed by atoms with Crippen LogP contribution >= 0.6 is 23.1 Å². The van der Waals surface area contributed by atoms with Crippen LogP contribution in [-0.4, -0.2) is 27.8 Å². The molecule has 0 aliphatic heterocycles. The largest absolute Gasteiger partial charge is 0.355 e. The van der Waals surface area contributed by atoms with Gasteiger partial charge in [0.25, 0.3) is 0 Å². The summed E-state index contributed by atoms with van der Waals surface area (Å²) >= 11 is 3.49. The molecule has 0 heterocycles. The Morgan fingerprint density at radius 1 is 1.50 bits per heavy atom. The highest BCUT2D eigenvalue weighted by atomic mass is 32.2. The monoisotopic (exact) mass is 178 g/mol. The summed E-state index contributed by atoms with van der Waals surface area (Å²) < 4.78 is 0. The van der Waals surface area contributed by atoms with Crippen molar-refractivity contribution in [3.8, 4) is 0 Å². The lowest BCUT2D eigenvalue weighted by molar-refractivity contribution is -0.106. The minimum Gasteiger partial charge on any atom is -0.355 e. The molecule has 0 radical (unpaired) electrons. The van der Waals surface area contributed by atoms with Gasteiger partial charge in [0.15, 0.2) is 0 Å². The molecule has 0 aromatic carbocycles. The maximum atomic E-state index is 10.2. The van der Waals surface area contributed by atoms with E-state index in [9.17, 15) is 4.79 Å². The lowest BCUT2D eigenvalue weighted by Gasteiger charge is -1.92. The van der Waals surface area contributed by atoms with Crippen molar-refractivity contribution in [3.63, 3.8) is 0 Å². The third-order valence-corrected chi connectivity index (χ3v) is 1.91. The molecule has 0 aromatic heterocycles. The fourth-order valence-electron chi connectivity index (χ4n) is 0.279. The number of hydrogen-bond acceptors (Lipinski definition) is 1. The van der Waals surface area contributed by atoms with Gasteiger partial charge in [0.1, 0.15) is 0 Å². The number of carbonyl (C=O) groups excluding carboxylic acids is 1. The average molecular weight is 178 g/mol. The molecular weight excluding hydrogens is 168 g/mol. The molecular formula is C6H10O2S2. The van der Waals surface area contributed by atoms with Crippen molar-refractivity contribution in [1.82, 2.24) is 0 Å². The predicted octanol–water partition coefficient (Wildman–Crippen LogP) is 1.22. The quantitative estimate of drug-likeness (QED) is 0.379. The lowest BCUT2D eigenvalue weighted by Crippen LogP contribution is -1.90. The number of rotatable bonds is 2. The molecule has 0 fully saturated rings. The van der Waals surface area contributed by atoms with Gasteiger partial charge in [-0.25, -0.2) is 0 Å². The average Bonchev–Trinajstić information content (AvgIpc) is 1.82. The molecule has 0 aliphatic rings. The van der Waals surface area contributed by atoms with Crippen molar-refractivity contribution in [1.29, 1.82) is 0 Å². The summed E-state index contributed by atoms with van der Waals surface area (Å²) in [4.78, 5) is 10.2. The highest BCUT2D eigenvalue weighted by Gasteiger charge is 1.87. The van der Waals surface area contributed by atoms with Gasteiger partial charge >= 0.3 is 0 Å². The Morgan fingerprint density at radius 3 is 2.30 bits per heavy atom. The van der Waals surface area contributed by atoms with Crippen LogP contribution < -0.4 is 0 Å². The van der Waals surface area contributed by atoms with Gasteiger partial charge in [-0.15, -0.1) is 12.6 Å². The van der Waals surface area contributed by atoms with E-state index >= 15 is 0 Å². The molecule has 0 bridgehead atoms. The smallest absolute Gasteiger partial charge is 0.209 e. The normalized spacial score (nSPS) is 10.9. The molecule has 4 heteroatoms. The van der Waals surface area contributed by atoms with E-state index in [1.165, 1.54) is 12.2 Å². The number of hydrogen-bond donors (Lipinski definition) is 2.